The Morgan fingerprint density at radius 3 is 2.35 bits per heavy atom. The Morgan fingerprint density at radius 2 is 1.83 bits per heavy atom. The summed E-state index contributed by atoms with van der Waals surface area (Å²) in [6, 6.07) is 6.21. The Balaban J connectivity index is 2.26. The summed E-state index contributed by atoms with van der Waals surface area (Å²) in [4.78, 5) is 13.6. The standard InChI is InChI=1S/C17H17F3OS2/c1-10(2)9-22-16-14(8-11(3)23-16)15(21)12-4-6-13(7-5-12)17(18,19)20/h4-8,10H,9H2,1-3H3. The third kappa shape index (κ3) is 4.61. The summed E-state index contributed by atoms with van der Waals surface area (Å²) >= 11 is 3.17. The molecule has 1 nitrogen and oxygen atoms in total. The van der Waals surface area contributed by atoms with Crippen LogP contribution in [0, 0.1) is 12.8 Å². The van der Waals surface area contributed by atoms with Gasteiger partial charge in [0.2, 0.25) is 0 Å². The average molecular weight is 358 g/mol. The second-order valence-corrected chi connectivity index (χ2v) is 8.21. The molecule has 0 radical (unpaired) electrons. The fourth-order valence-corrected chi connectivity index (χ4v) is 4.32. The van der Waals surface area contributed by atoms with Gasteiger partial charge in [-0.1, -0.05) is 26.0 Å². The Bertz CT molecular complexity index is 685. The van der Waals surface area contributed by atoms with Crippen LogP contribution in [0.1, 0.15) is 40.2 Å². The molecule has 0 bridgehead atoms. The zero-order valence-electron chi connectivity index (χ0n) is 13.0. The van der Waals surface area contributed by atoms with Gasteiger partial charge >= 0.3 is 6.18 Å². The summed E-state index contributed by atoms with van der Waals surface area (Å²) in [6.45, 7) is 6.13. The van der Waals surface area contributed by atoms with Gasteiger partial charge in [-0.15, -0.1) is 23.1 Å². The van der Waals surface area contributed by atoms with Crippen LogP contribution in [0.4, 0.5) is 13.2 Å². The lowest BCUT2D eigenvalue weighted by atomic mass is 10.0. The first-order chi connectivity index (χ1) is 10.7. The van der Waals surface area contributed by atoms with Crippen molar-refractivity contribution in [2.75, 3.05) is 5.75 Å². The summed E-state index contributed by atoms with van der Waals surface area (Å²) in [5.74, 6) is 1.17. The van der Waals surface area contributed by atoms with E-state index in [1.54, 1.807) is 23.1 Å². The molecule has 0 fully saturated rings. The molecular formula is C17H17F3OS2. The van der Waals surface area contributed by atoms with Crippen LogP contribution < -0.4 is 0 Å². The quantitative estimate of drug-likeness (QED) is 0.478. The van der Waals surface area contributed by atoms with E-state index in [1.807, 2.05) is 13.0 Å². The van der Waals surface area contributed by atoms with Gasteiger partial charge in [-0.25, -0.2) is 0 Å². The summed E-state index contributed by atoms with van der Waals surface area (Å²) < 4.78 is 38.7. The van der Waals surface area contributed by atoms with E-state index < -0.39 is 11.7 Å². The number of aryl methyl sites for hydroxylation is 1. The average Bonchev–Trinajstić information content (AvgIpc) is 2.84. The van der Waals surface area contributed by atoms with E-state index >= 15 is 0 Å². The largest absolute Gasteiger partial charge is 0.416 e. The maximum absolute atomic E-state index is 12.6. The molecule has 0 unspecified atom stereocenters. The number of carbonyl (C=O) groups excluding carboxylic acids is 1. The number of hydrogen-bond acceptors (Lipinski definition) is 3. The lowest BCUT2D eigenvalue weighted by Crippen LogP contribution is -2.06. The molecule has 0 amide bonds. The number of hydrogen-bond donors (Lipinski definition) is 0. The Kier molecular flexibility index (Phi) is 5.57. The van der Waals surface area contributed by atoms with Gasteiger partial charge in [0.1, 0.15) is 0 Å². The molecule has 0 spiro atoms. The normalized spacial score (nSPS) is 12.0. The van der Waals surface area contributed by atoms with Crippen LogP contribution in [0.2, 0.25) is 0 Å². The van der Waals surface area contributed by atoms with Crippen molar-refractivity contribution in [3.05, 3.63) is 51.9 Å². The number of ketones is 1. The zero-order valence-corrected chi connectivity index (χ0v) is 14.7. The van der Waals surface area contributed by atoms with Crippen LogP contribution in [0.5, 0.6) is 0 Å². The minimum atomic E-state index is -4.39. The van der Waals surface area contributed by atoms with Crippen molar-refractivity contribution in [1.82, 2.24) is 0 Å². The molecule has 1 aromatic heterocycles. The zero-order chi connectivity index (χ0) is 17.2. The first-order valence-electron chi connectivity index (χ1n) is 7.13. The molecule has 0 saturated carbocycles. The van der Waals surface area contributed by atoms with E-state index in [9.17, 15) is 18.0 Å². The van der Waals surface area contributed by atoms with Crippen LogP contribution in [-0.4, -0.2) is 11.5 Å². The fourth-order valence-electron chi connectivity index (χ4n) is 1.97. The van der Waals surface area contributed by atoms with Crippen LogP contribution in [0.3, 0.4) is 0 Å². The first kappa shape index (κ1) is 18.1. The minimum Gasteiger partial charge on any atom is -0.289 e. The van der Waals surface area contributed by atoms with Crippen LogP contribution in [0.25, 0.3) is 0 Å². The molecule has 0 N–H and O–H groups in total. The molecule has 0 saturated heterocycles. The summed E-state index contributed by atoms with van der Waals surface area (Å²) in [5, 5.41) is 0. The number of halogens is 3. The lowest BCUT2D eigenvalue weighted by molar-refractivity contribution is -0.137. The third-order valence-electron chi connectivity index (χ3n) is 3.09. The molecule has 2 aromatic rings. The van der Waals surface area contributed by atoms with E-state index in [0.717, 1.165) is 27.0 Å². The molecule has 0 aliphatic carbocycles. The van der Waals surface area contributed by atoms with Gasteiger partial charge in [0.25, 0.3) is 0 Å². The van der Waals surface area contributed by atoms with Crippen molar-refractivity contribution in [1.29, 1.82) is 0 Å². The predicted octanol–water partition coefficient (Wildman–Crippen LogP) is 6.05. The van der Waals surface area contributed by atoms with E-state index in [-0.39, 0.29) is 11.3 Å². The maximum atomic E-state index is 12.6. The SMILES string of the molecule is Cc1cc(C(=O)c2ccc(C(F)(F)F)cc2)c(SCC(C)C)s1. The van der Waals surface area contributed by atoms with Gasteiger partial charge in [-0.05, 0) is 31.0 Å². The second kappa shape index (κ2) is 7.09. The van der Waals surface area contributed by atoms with E-state index in [0.29, 0.717) is 11.5 Å². The number of benzene rings is 1. The topological polar surface area (TPSA) is 17.1 Å². The highest BCUT2D eigenvalue weighted by Crippen LogP contribution is 2.35. The number of rotatable bonds is 5. The number of thioether (sulfide) groups is 1. The molecule has 23 heavy (non-hydrogen) atoms. The van der Waals surface area contributed by atoms with Gasteiger partial charge in [-0.3, -0.25) is 4.79 Å². The molecule has 1 aromatic carbocycles. The molecule has 6 heteroatoms. The smallest absolute Gasteiger partial charge is 0.289 e. The van der Waals surface area contributed by atoms with E-state index in [4.69, 9.17) is 0 Å². The molecule has 0 aliphatic rings. The molecular weight excluding hydrogens is 341 g/mol. The van der Waals surface area contributed by atoms with Gasteiger partial charge in [-0.2, -0.15) is 13.2 Å². The monoisotopic (exact) mass is 358 g/mol. The highest BCUT2D eigenvalue weighted by molar-refractivity contribution is 8.01. The van der Waals surface area contributed by atoms with Crippen molar-refractivity contribution in [3.63, 3.8) is 0 Å². The van der Waals surface area contributed by atoms with Crippen molar-refractivity contribution in [2.24, 2.45) is 5.92 Å². The highest BCUT2D eigenvalue weighted by Gasteiger charge is 2.30. The van der Waals surface area contributed by atoms with Crippen LogP contribution in [-0.2, 0) is 6.18 Å². The predicted molar refractivity (Wildman–Crippen MR) is 89.5 cm³/mol. The van der Waals surface area contributed by atoms with Crippen LogP contribution >= 0.6 is 23.1 Å². The molecule has 2 rings (SSSR count). The van der Waals surface area contributed by atoms with Crippen molar-refractivity contribution in [3.8, 4) is 0 Å². The van der Waals surface area contributed by atoms with Gasteiger partial charge in [0.15, 0.2) is 5.78 Å². The fraction of sp³-hybridized carbons (Fsp3) is 0.353. The first-order valence-corrected chi connectivity index (χ1v) is 8.94. The number of thiophene rings is 1. The Labute approximate surface area is 141 Å². The number of carbonyl (C=O) groups is 1. The van der Waals surface area contributed by atoms with Gasteiger partial charge < -0.3 is 0 Å². The minimum absolute atomic E-state index is 0.227. The Hall–Kier alpha value is -1.27. The van der Waals surface area contributed by atoms with E-state index in [1.165, 1.54) is 12.1 Å². The number of alkyl halides is 3. The lowest BCUT2D eigenvalue weighted by Gasteiger charge is -2.08. The molecule has 0 aliphatic heterocycles. The van der Waals surface area contributed by atoms with Gasteiger partial charge in [0.05, 0.1) is 9.77 Å². The second-order valence-electron chi connectivity index (χ2n) is 5.67. The third-order valence-corrected chi connectivity index (χ3v) is 5.85. The van der Waals surface area contributed by atoms with Crippen molar-refractivity contribution < 1.29 is 18.0 Å². The Morgan fingerprint density at radius 1 is 1.22 bits per heavy atom. The maximum Gasteiger partial charge on any atom is 0.416 e. The van der Waals surface area contributed by atoms with Crippen molar-refractivity contribution in [2.45, 2.75) is 31.2 Å². The molecule has 1 heterocycles. The summed E-state index contributed by atoms with van der Waals surface area (Å²) in [7, 11) is 0. The molecule has 124 valence electrons. The van der Waals surface area contributed by atoms with Crippen LogP contribution in [0.15, 0.2) is 34.5 Å². The summed E-state index contributed by atoms with van der Waals surface area (Å²) in [6.07, 6.45) is -4.39. The van der Waals surface area contributed by atoms with Crippen molar-refractivity contribution >= 4 is 28.9 Å². The van der Waals surface area contributed by atoms with E-state index in [2.05, 4.69) is 13.8 Å². The summed E-state index contributed by atoms with van der Waals surface area (Å²) in [5.41, 5.74) is 0.116. The highest BCUT2D eigenvalue weighted by atomic mass is 32.2. The molecule has 0 atom stereocenters. The van der Waals surface area contributed by atoms with Gasteiger partial charge in [0, 0.05) is 21.8 Å².